The van der Waals surface area contributed by atoms with Crippen molar-refractivity contribution in [3.8, 4) is 145 Å². The lowest BCUT2D eigenvalue weighted by atomic mass is 10.1. The largest absolute Gasteiger partial charge is 0.324 e. The van der Waals surface area contributed by atoms with Crippen LogP contribution in [0.25, 0.3) is 0 Å². The number of H-pyrrole nitrogens is 3. The molecular formula is C51H18N6. The van der Waals surface area contributed by atoms with Gasteiger partial charge in [-0.25, -0.2) is 15.0 Å². The predicted molar refractivity (Wildman–Crippen MR) is 219 cm³/mol. The fourth-order valence-corrected chi connectivity index (χ4v) is 5.24. The lowest BCUT2D eigenvalue weighted by Crippen LogP contribution is -1.87. The van der Waals surface area contributed by atoms with Gasteiger partial charge in [0.05, 0.1) is 0 Å². The van der Waals surface area contributed by atoms with Gasteiger partial charge in [-0.3, -0.25) is 0 Å². The van der Waals surface area contributed by atoms with Crippen molar-refractivity contribution in [1.82, 2.24) is 29.9 Å². The van der Waals surface area contributed by atoms with Crippen LogP contribution in [0.3, 0.4) is 0 Å². The number of hydrogen-bond acceptors (Lipinski definition) is 3. The summed E-state index contributed by atoms with van der Waals surface area (Å²) < 4.78 is 0. The molecule has 0 aliphatic carbocycles. The fourth-order valence-electron chi connectivity index (χ4n) is 5.24. The van der Waals surface area contributed by atoms with E-state index in [4.69, 9.17) is 38.5 Å². The molecule has 6 nitrogen and oxygen atoms in total. The van der Waals surface area contributed by atoms with Gasteiger partial charge in [-0.2, -0.15) is 0 Å². The maximum Gasteiger partial charge on any atom is 0.185 e. The molecule has 0 saturated heterocycles. The molecule has 3 N–H and O–H groups in total. The second-order valence-corrected chi connectivity index (χ2v) is 11.7. The Morgan fingerprint density at radius 1 is 0.351 bits per heavy atom. The number of nitrogens with zero attached hydrogens (tertiary/aromatic N) is 3. The normalized spacial score (nSPS) is 10.0. The highest BCUT2D eigenvalue weighted by molar-refractivity contribution is 5.58. The minimum Gasteiger partial charge on any atom is -0.324 e. The second-order valence-electron chi connectivity index (χ2n) is 11.7. The lowest BCUT2D eigenvalue weighted by Gasteiger charge is -1.97. The van der Waals surface area contributed by atoms with Crippen molar-refractivity contribution in [2.45, 2.75) is 0 Å². The van der Waals surface area contributed by atoms with Crippen molar-refractivity contribution in [3.63, 3.8) is 0 Å². The highest BCUT2D eigenvalue weighted by Gasteiger charge is 2.08. The summed E-state index contributed by atoms with van der Waals surface area (Å²) in [5.41, 5.74) is 7.28. The summed E-state index contributed by atoms with van der Waals surface area (Å²) in [6.45, 7) is 0. The fraction of sp³-hybridized carbons (Fsp3) is 0. The smallest absolute Gasteiger partial charge is 0.185 e. The first-order valence-electron chi connectivity index (χ1n) is 16.5. The predicted octanol–water partition coefficient (Wildman–Crippen LogP) is 4.46. The van der Waals surface area contributed by atoms with Crippen molar-refractivity contribution in [3.05, 3.63) is 156 Å². The summed E-state index contributed by atoms with van der Waals surface area (Å²) >= 11 is 0. The van der Waals surface area contributed by atoms with Crippen LogP contribution in [0.1, 0.15) is 102 Å². The lowest BCUT2D eigenvalue weighted by molar-refractivity contribution is 1.24. The molecule has 252 valence electrons. The molecule has 6 aromatic rings. The molecule has 7 rings (SSSR count). The Balaban J connectivity index is 1.38. The van der Waals surface area contributed by atoms with Crippen LogP contribution in [0.4, 0.5) is 0 Å². The van der Waals surface area contributed by atoms with Crippen LogP contribution < -0.4 is 0 Å². The SMILES string of the molecule is C#Cc1cc2cc(c1)C#Cc1nc(C#C)c([nH]1)C#Cc1cc(C#C)cc(c1)C#Cc1nc([nH]c1C#C)C#Cc1cc(C#C)cc(c1)C#Cc1nc([nH]c1C#C)C#C2. The molecule has 1 aliphatic heterocycles. The van der Waals surface area contributed by atoms with Crippen molar-refractivity contribution in [1.29, 1.82) is 0 Å². The first-order chi connectivity index (χ1) is 27.8. The van der Waals surface area contributed by atoms with Gasteiger partial charge in [-0.1, -0.05) is 53.3 Å². The van der Waals surface area contributed by atoms with Crippen LogP contribution in [-0.2, 0) is 0 Å². The molecule has 0 radical (unpaired) electrons. The molecule has 6 heteroatoms. The van der Waals surface area contributed by atoms with Crippen molar-refractivity contribution < 1.29 is 0 Å². The molecule has 4 heterocycles. The van der Waals surface area contributed by atoms with Gasteiger partial charge in [0.2, 0.25) is 0 Å². The van der Waals surface area contributed by atoms with E-state index in [1.165, 1.54) is 0 Å². The minimum atomic E-state index is 0.288. The number of fused-ring (bicyclic) bond motifs is 12. The summed E-state index contributed by atoms with van der Waals surface area (Å²) in [5, 5.41) is 0. The molecule has 3 aromatic heterocycles. The molecule has 0 atom stereocenters. The molecule has 0 saturated carbocycles. The third-order valence-corrected chi connectivity index (χ3v) is 7.79. The topological polar surface area (TPSA) is 86.0 Å². The van der Waals surface area contributed by atoms with E-state index in [1.807, 2.05) is 0 Å². The number of aromatic amines is 3. The Bertz CT molecular complexity index is 3400. The van der Waals surface area contributed by atoms with Crippen LogP contribution in [0, 0.1) is 145 Å². The average molecular weight is 715 g/mol. The molecule has 3 aromatic carbocycles. The van der Waals surface area contributed by atoms with Gasteiger partial charge in [-0.05, 0) is 108 Å². The van der Waals surface area contributed by atoms with E-state index in [0.29, 0.717) is 96.0 Å². The minimum absolute atomic E-state index is 0.288. The number of imidazole rings is 3. The third-order valence-electron chi connectivity index (χ3n) is 7.79. The molecule has 0 amide bonds. The molecule has 0 unspecified atom stereocenters. The van der Waals surface area contributed by atoms with Gasteiger partial charge < -0.3 is 15.0 Å². The van der Waals surface area contributed by atoms with Gasteiger partial charge in [0.15, 0.2) is 17.5 Å². The zero-order chi connectivity index (χ0) is 39.7. The van der Waals surface area contributed by atoms with Crippen LogP contribution in [0.2, 0.25) is 0 Å². The number of rotatable bonds is 0. The van der Waals surface area contributed by atoms with Gasteiger partial charge in [-0.15, -0.1) is 38.5 Å². The Morgan fingerprint density at radius 2 is 0.702 bits per heavy atom. The highest BCUT2D eigenvalue weighted by Crippen LogP contribution is 2.14. The van der Waals surface area contributed by atoms with Gasteiger partial charge >= 0.3 is 0 Å². The van der Waals surface area contributed by atoms with Crippen molar-refractivity contribution in [2.75, 3.05) is 0 Å². The molecule has 1 aliphatic rings. The molecule has 0 spiro atoms. The maximum atomic E-state index is 5.78. The van der Waals surface area contributed by atoms with E-state index >= 15 is 0 Å². The standard InChI is InChI=1S/C51H18N6/c1-7-34-25-37-13-19-46-43(10-4)52-49(55-46)22-16-40-28-35(8-2)27-39(32-40)15-21-48-45(12-6)54-51(57-48)24-18-42-30-36(9-3)29-41(33-42)17-23-50-53-44(11-5)47(56-50)20-14-38(26-34)31-37/h1-6,25-33H,(H,52,55)(H,53,56)(H,54,57). The number of benzene rings is 3. The molecular weight excluding hydrogens is 697 g/mol. The van der Waals surface area contributed by atoms with Crippen LogP contribution in [0.5, 0.6) is 0 Å². The Kier molecular flexibility index (Phi) is 9.77. The highest BCUT2D eigenvalue weighted by atomic mass is 14.9. The van der Waals surface area contributed by atoms with Gasteiger partial charge in [0.25, 0.3) is 0 Å². The van der Waals surface area contributed by atoms with Crippen molar-refractivity contribution >= 4 is 0 Å². The quantitative estimate of drug-likeness (QED) is 0.203. The van der Waals surface area contributed by atoms with Crippen LogP contribution in [0.15, 0.2) is 54.6 Å². The molecule has 57 heavy (non-hydrogen) atoms. The van der Waals surface area contributed by atoms with Gasteiger partial charge in [0, 0.05) is 50.1 Å². The zero-order valence-electron chi connectivity index (χ0n) is 29.5. The Morgan fingerprint density at radius 3 is 1.05 bits per heavy atom. The maximum absolute atomic E-state index is 5.78. The van der Waals surface area contributed by atoms with E-state index in [0.717, 1.165) is 0 Å². The molecule has 0 fully saturated rings. The average Bonchev–Trinajstić information content (AvgIpc) is 3.97. The monoisotopic (exact) mass is 714 g/mol. The summed E-state index contributed by atoms with van der Waals surface area (Å²) in [5.74, 6) is 53.1. The van der Waals surface area contributed by atoms with E-state index < -0.39 is 0 Å². The van der Waals surface area contributed by atoms with E-state index in [2.05, 4.69) is 136 Å². The number of hydrogen-bond donors (Lipinski definition) is 3. The van der Waals surface area contributed by atoms with E-state index in [1.54, 1.807) is 54.6 Å². The Hall–Kier alpha value is -9.99. The summed E-state index contributed by atoms with van der Waals surface area (Å²) in [7, 11) is 0. The summed E-state index contributed by atoms with van der Waals surface area (Å²) in [6.07, 6.45) is 34.6. The van der Waals surface area contributed by atoms with Crippen LogP contribution in [-0.4, -0.2) is 29.9 Å². The van der Waals surface area contributed by atoms with Crippen LogP contribution >= 0.6 is 0 Å². The summed E-state index contributed by atoms with van der Waals surface area (Å²) in [6, 6.07) is 15.9. The van der Waals surface area contributed by atoms with Crippen molar-refractivity contribution in [2.24, 2.45) is 0 Å². The first-order valence-corrected chi connectivity index (χ1v) is 16.5. The van der Waals surface area contributed by atoms with Gasteiger partial charge in [0.1, 0.15) is 34.2 Å². The zero-order valence-corrected chi connectivity index (χ0v) is 29.5. The first kappa shape index (κ1) is 35.4. The summed E-state index contributed by atoms with van der Waals surface area (Å²) in [4.78, 5) is 22.6. The molecule has 12 bridgehead atoms. The number of terminal acetylenes is 6. The second kappa shape index (κ2) is 15.7. The number of aromatic nitrogens is 6. The van der Waals surface area contributed by atoms with E-state index in [-0.39, 0.29) is 5.69 Å². The third kappa shape index (κ3) is 8.24. The number of nitrogens with one attached hydrogen (secondary N) is 3. The Labute approximate surface area is 330 Å². The van der Waals surface area contributed by atoms with E-state index in [9.17, 15) is 0 Å².